The van der Waals surface area contributed by atoms with Crippen LogP contribution in [0, 0.1) is 23.2 Å². The van der Waals surface area contributed by atoms with E-state index in [2.05, 4.69) is 40.1 Å². The fraction of sp³-hybridized carbons (Fsp3) is 0.364. The van der Waals surface area contributed by atoms with E-state index in [0.29, 0.717) is 17.4 Å². The minimum atomic E-state index is 0.173. The third-order valence-corrected chi connectivity index (χ3v) is 5.77. The van der Waals surface area contributed by atoms with E-state index in [1.807, 2.05) is 30.3 Å². The predicted molar refractivity (Wildman–Crippen MR) is 100.0 cm³/mol. The highest BCUT2D eigenvalue weighted by Crippen LogP contribution is 2.45. The van der Waals surface area contributed by atoms with E-state index in [1.54, 1.807) is 6.92 Å². The van der Waals surface area contributed by atoms with Gasteiger partial charge in [-0.25, -0.2) is 0 Å². The van der Waals surface area contributed by atoms with Gasteiger partial charge in [-0.15, -0.1) is 0 Å². The summed E-state index contributed by atoms with van der Waals surface area (Å²) in [5, 5.41) is 8.94. The maximum atomic E-state index is 12.2. The molecule has 0 N–H and O–H groups in total. The summed E-state index contributed by atoms with van der Waals surface area (Å²) in [5.41, 5.74) is 3.19. The van der Waals surface area contributed by atoms with Crippen LogP contribution in [0.2, 0.25) is 0 Å². The maximum absolute atomic E-state index is 12.2. The Morgan fingerprint density at radius 2 is 1.81 bits per heavy atom. The first kappa shape index (κ1) is 16.8. The molecule has 2 fully saturated rings. The first-order valence-corrected chi connectivity index (χ1v) is 9.19. The van der Waals surface area contributed by atoms with Crippen LogP contribution < -0.4 is 0 Å². The Hall–Kier alpha value is -2.64. The summed E-state index contributed by atoms with van der Waals surface area (Å²) in [7, 11) is 0. The van der Waals surface area contributed by atoms with Gasteiger partial charge in [0.2, 0.25) is 5.91 Å². The Kier molecular flexibility index (Phi) is 4.48. The van der Waals surface area contributed by atoms with Crippen LogP contribution >= 0.6 is 0 Å². The number of nitrogens with zero attached hydrogens (tertiary/aromatic N) is 3. The van der Waals surface area contributed by atoms with Crippen molar-refractivity contribution in [2.75, 3.05) is 19.6 Å². The molecular weight excluding hydrogens is 322 g/mol. The monoisotopic (exact) mass is 345 g/mol. The summed E-state index contributed by atoms with van der Waals surface area (Å²) in [6, 6.07) is 20.7. The van der Waals surface area contributed by atoms with Crippen LogP contribution in [0.25, 0.3) is 0 Å². The highest BCUT2D eigenvalue weighted by Gasteiger charge is 2.48. The Labute approximate surface area is 154 Å². The Morgan fingerprint density at radius 3 is 2.46 bits per heavy atom. The molecule has 4 heteroatoms. The third kappa shape index (κ3) is 3.11. The van der Waals surface area contributed by atoms with Crippen LogP contribution in [-0.2, 0) is 11.3 Å². The number of nitriles is 1. The zero-order valence-corrected chi connectivity index (χ0v) is 15.0. The van der Waals surface area contributed by atoms with Crippen LogP contribution in [0.5, 0.6) is 0 Å². The van der Waals surface area contributed by atoms with Crippen molar-refractivity contribution in [3.8, 4) is 6.07 Å². The van der Waals surface area contributed by atoms with Crippen LogP contribution in [0.4, 0.5) is 0 Å². The van der Waals surface area contributed by atoms with Crippen LogP contribution in [-0.4, -0.2) is 35.3 Å². The average Bonchev–Trinajstić information content (AvgIpc) is 3.20. The van der Waals surface area contributed by atoms with Gasteiger partial charge in [0, 0.05) is 39.0 Å². The number of carbonyl (C=O) groups is 1. The molecule has 2 saturated heterocycles. The van der Waals surface area contributed by atoms with Crippen molar-refractivity contribution < 1.29 is 4.79 Å². The van der Waals surface area contributed by atoms with Gasteiger partial charge >= 0.3 is 0 Å². The van der Waals surface area contributed by atoms with Crippen LogP contribution in [0.1, 0.15) is 29.7 Å². The van der Waals surface area contributed by atoms with Gasteiger partial charge in [0.1, 0.15) is 0 Å². The summed E-state index contributed by atoms with van der Waals surface area (Å²) in [6.07, 6.45) is 0. The number of carbonyl (C=O) groups excluding carboxylic acids is 1. The minimum Gasteiger partial charge on any atom is -0.335 e. The SMILES string of the molecule is CC(=O)N1C[C@H]2CN(Cc3ccc(C#N)cc3)C[C@H]2[C@@H]1c1ccccc1. The molecule has 0 spiro atoms. The van der Waals surface area contributed by atoms with Gasteiger partial charge in [-0.1, -0.05) is 42.5 Å². The molecule has 4 nitrogen and oxygen atoms in total. The zero-order valence-electron chi connectivity index (χ0n) is 15.0. The quantitative estimate of drug-likeness (QED) is 0.858. The lowest BCUT2D eigenvalue weighted by Crippen LogP contribution is -2.34. The van der Waals surface area contributed by atoms with E-state index >= 15 is 0 Å². The largest absolute Gasteiger partial charge is 0.335 e. The molecule has 26 heavy (non-hydrogen) atoms. The highest BCUT2D eigenvalue weighted by molar-refractivity contribution is 5.74. The van der Waals surface area contributed by atoms with Gasteiger partial charge in [-0.2, -0.15) is 5.26 Å². The maximum Gasteiger partial charge on any atom is 0.219 e. The number of likely N-dealkylation sites (tertiary alicyclic amines) is 2. The number of hydrogen-bond donors (Lipinski definition) is 0. The number of benzene rings is 2. The topological polar surface area (TPSA) is 47.3 Å². The van der Waals surface area contributed by atoms with Gasteiger partial charge in [-0.3, -0.25) is 9.69 Å². The van der Waals surface area contributed by atoms with Gasteiger partial charge in [0.25, 0.3) is 0 Å². The molecule has 0 aromatic heterocycles. The lowest BCUT2D eigenvalue weighted by molar-refractivity contribution is -0.130. The average molecular weight is 345 g/mol. The number of amides is 1. The van der Waals surface area contributed by atoms with Gasteiger partial charge in [0.05, 0.1) is 17.7 Å². The number of hydrogen-bond acceptors (Lipinski definition) is 3. The molecule has 0 bridgehead atoms. The number of rotatable bonds is 3. The van der Waals surface area contributed by atoms with Gasteiger partial charge in [0.15, 0.2) is 0 Å². The Balaban J connectivity index is 1.51. The molecule has 0 aliphatic carbocycles. The van der Waals surface area contributed by atoms with Crippen molar-refractivity contribution in [2.24, 2.45) is 11.8 Å². The highest BCUT2D eigenvalue weighted by atomic mass is 16.2. The second-order valence-electron chi connectivity index (χ2n) is 7.45. The first-order chi connectivity index (χ1) is 12.7. The van der Waals surface area contributed by atoms with Crippen molar-refractivity contribution in [1.82, 2.24) is 9.80 Å². The van der Waals surface area contributed by atoms with E-state index in [0.717, 1.165) is 26.2 Å². The molecule has 132 valence electrons. The van der Waals surface area contributed by atoms with E-state index in [4.69, 9.17) is 5.26 Å². The zero-order chi connectivity index (χ0) is 18.1. The lowest BCUT2D eigenvalue weighted by Gasteiger charge is -2.29. The molecule has 2 aliphatic heterocycles. The fourth-order valence-corrected chi connectivity index (χ4v) is 4.61. The van der Waals surface area contributed by atoms with Crippen molar-refractivity contribution in [2.45, 2.75) is 19.5 Å². The molecule has 1 amide bonds. The molecule has 2 aromatic carbocycles. The fourth-order valence-electron chi connectivity index (χ4n) is 4.61. The second kappa shape index (κ2) is 6.93. The van der Waals surface area contributed by atoms with E-state index in [9.17, 15) is 4.79 Å². The standard InChI is InChI=1S/C22H23N3O/c1-16(26)25-14-20-13-24(12-18-9-7-17(11-23)8-10-18)15-21(20)22(25)19-5-3-2-4-6-19/h2-10,20-22H,12-15H2,1H3/t20-,21-,22+/m1/s1. The minimum absolute atomic E-state index is 0.173. The van der Waals surface area contributed by atoms with Gasteiger partial charge in [-0.05, 0) is 29.2 Å². The molecule has 0 saturated carbocycles. The van der Waals surface area contributed by atoms with E-state index < -0.39 is 0 Å². The molecule has 2 aliphatic rings. The van der Waals surface area contributed by atoms with E-state index in [-0.39, 0.29) is 11.9 Å². The molecular formula is C22H23N3O. The van der Waals surface area contributed by atoms with Crippen molar-refractivity contribution in [3.63, 3.8) is 0 Å². The second-order valence-corrected chi connectivity index (χ2v) is 7.45. The molecule has 3 atom stereocenters. The molecule has 4 rings (SSSR count). The molecule has 2 aromatic rings. The molecule has 0 unspecified atom stereocenters. The van der Waals surface area contributed by atoms with E-state index in [1.165, 1.54) is 11.1 Å². The predicted octanol–water partition coefficient (Wildman–Crippen LogP) is 3.21. The third-order valence-electron chi connectivity index (χ3n) is 5.77. The molecule has 2 heterocycles. The smallest absolute Gasteiger partial charge is 0.219 e. The van der Waals surface area contributed by atoms with Crippen molar-refractivity contribution >= 4 is 5.91 Å². The number of fused-ring (bicyclic) bond motifs is 1. The Morgan fingerprint density at radius 1 is 1.08 bits per heavy atom. The summed E-state index contributed by atoms with van der Waals surface area (Å²) in [4.78, 5) is 16.7. The van der Waals surface area contributed by atoms with Gasteiger partial charge < -0.3 is 4.90 Å². The van der Waals surface area contributed by atoms with Crippen molar-refractivity contribution in [1.29, 1.82) is 5.26 Å². The van der Waals surface area contributed by atoms with Crippen molar-refractivity contribution in [3.05, 3.63) is 71.3 Å². The summed E-state index contributed by atoms with van der Waals surface area (Å²) in [6.45, 7) is 5.47. The van der Waals surface area contributed by atoms with Crippen LogP contribution in [0.3, 0.4) is 0 Å². The summed E-state index contributed by atoms with van der Waals surface area (Å²) in [5.74, 6) is 1.19. The summed E-state index contributed by atoms with van der Waals surface area (Å²) < 4.78 is 0. The molecule has 0 radical (unpaired) electrons. The normalized spacial score (nSPS) is 25.1. The lowest BCUT2D eigenvalue weighted by atomic mass is 9.89. The Bertz CT molecular complexity index is 825. The first-order valence-electron chi connectivity index (χ1n) is 9.19. The summed E-state index contributed by atoms with van der Waals surface area (Å²) >= 11 is 0. The van der Waals surface area contributed by atoms with Crippen LogP contribution in [0.15, 0.2) is 54.6 Å².